The first-order chi connectivity index (χ1) is 12.2. The number of hydrogen-bond donors (Lipinski definition) is 1. The van der Waals surface area contributed by atoms with Gasteiger partial charge in [-0.15, -0.1) is 0 Å². The van der Waals surface area contributed by atoms with Gasteiger partial charge in [-0.3, -0.25) is 4.79 Å². The molecule has 4 rings (SSSR count). The van der Waals surface area contributed by atoms with Crippen molar-refractivity contribution < 1.29 is 9.53 Å². The van der Waals surface area contributed by atoms with Crippen LogP contribution >= 0.6 is 15.9 Å². The predicted octanol–water partition coefficient (Wildman–Crippen LogP) is 4.07. The molecule has 1 N–H and O–H groups in total. The summed E-state index contributed by atoms with van der Waals surface area (Å²) in [5.41, 5.74) is 4.57. The number of benzene rings is 2. The first-order valence-corrected chi connectivity index (χ1v) is 9.13. The highest BCUT2D eigenvalue weighted by atomic mass is 79.9. The molecule has 0 bridgehead atoms. The fourth-order valence-electron chi connectivity index (χ4n) is 3.48. The van der Waals surface area contributed by atoms with Crippen molar-refractivity contribution in [1.29, 1.82) is 0 Å². The molecule has 1 aliphatic heterocycles. The van der Waals surface area contributed by atoms with E-state index in [0.717, 1.165) is 40.0 Å². The summed E-state index contributed by atoms with van der Waals surface area (Å²) in [4.78, 5) is 18.1. The van der Waals surface area contributed by atoms with Crippen molar-refractivity contribution in [2.75, 3.05) is 13.7 Å². The van der Waals surface area contributed by atoms with Gasteiger partial charge in [0, 0.05) is 27.6 Å². The molecule has 0 saturated heterocycles. The number of carbonyl (C=O) groups is 1. The maximum Gasteiger partial charge on any atom is 0.227 e. The van der Waals surface area contributed by atoms with Gasteiger partial charge in [0.05, 0.1) is 20.1 Å². The molecule has 4 nitrogen and oxygen atoms in total. The molecule has 0 atom stereocenters. The highest BCUT2D eigenvalue weighted by molar-refractivity contribution is 9.10. The summed E-state index contributed by atoms with van der Waals surface area (Å²) < 4.78 is 6.32. The average Bonchev–Trinajstić information content (AvgIpc) is 3.00. The van der Waals surface area contributed by atoms with Crippen LogP contribution < -0.4 is 4.74 Å². The van der Waals surface area contributed by atoms with Gasteiger partial charge < -0.3 is 14.6 Å². The Hall–Kier alpha value is -2.27. The number of hydrogen-bond acceptors (Lipinski definition) is 2. The highest BCUT2D eigenvalue weighted by Gasteiger charge is 2.24. The fourth-order valence-corrected chi connectivity index (χ4v) is 3.90. The lowest BCUT2D eigenvalue weighted by atomic mass is 10.0. The van der Waals surface area contributed by atoms with Gasteiger partial charge in [0.15, 0.2) is 0 Å². The summed E-state index contributed by atoms with van der Waals surface area (Å²) in [5.74, 6) is 1.02. The van der Waals surface area contributed by atoms with E-state index < -0.39 is 0 Å². The summed E-state index contributed by atoms with van der Waals surface area (Å²) in [7, 11) is 1.68. The molecule has 1 amide bonds. The number of aromatic nitrogens is 1. The quantitative estimate of drug-likeness (QED) is 0.722. The number of H-pyrrole nitrogens is 1. The monoisotopic (exact) mass is 398 g/mol. The Morgan fingerprint density at radius 3 is 2.92 bits per heavy atom. The maximum absolute atomic E-state index is 12.7. The zero-order valence-corrected chi connectivity index (χ0v) is 15.6. The molecule has 2 aromatic carbocycles. The minimum absolute atomic E-state index is 0.161. The molecular weight excluding hydrogens is 380 g/mol. The first-order valence-electron chi connectivity index (χ1n) is 8.34. The molecular formula is C20H19BrN2O2. The van der Waals surface area contributed by atoms with Crippen molar-refractivity contribution in [2.24, 2.45) is 0 Å². The summed E-state index contributed by atoms with van der Waals surface area (Å²) in [6.07, 6.45) is 1.29. The molecule has 1 aromatic heterocycles. The number of carbonyl (C=O) groups excluding carboxylic acids is 1. The smallest absolute Gasteiger partial charge is 0.227 e. The Balaban J connectivity index is 1.56. The summed E-state index contributed by atoms with van der Waals surface area (Å²) in [6, 6.07) is 14.0. The van der Waals surface area contributed by atoms with Crippen molar-refractivity contribution in [3.05, 3.63) is 63.8 Å². The van der Waals surface area contributed by atoms with E-state index in [9.17, 15) is 4.79 Å². The van der Waals surface area contributed by atoms with Crippen LogP contribution in [0.4, 0.5) is 0 Å². The van der Waals surface area contributed by atoms with E-state index >= 15 is 0 Å². The van der Waals surface area contributed by atoms with Gasteiger partial charge in [-0.2, -0.15) is 0 Å². The van der Waals surface area contributed by atoms with Crippen molar-refractivity contribution in [1.82, 2.24) is 9.88 Å². The molecule has 0 spiro atoms. The van der Waals surface area contributed by atoms with Crippen LogP contribution in [0.3, 0.4) is 0 Å². The number of nitrogens with one attached hydrogen (secondary N) is 1. The molecule has 0 saturated carbocycles. The second-order valence-corrected chi connectivity index (χ2v) is 7.18. The molecule has 25 heavy (non-hydrogen) atoms. The number of nitrogens with zero attached hydrogens (tertiary/aromatic N) is 1. The highest BCUT2D eigenvalue weighted by Crippen LogP contribution is 2.30. The number of halogens is 1. The molecule has 0 fully saturated rings. The third kappa shape index (κ3) is 3.04. The topological polar surface area (TPSA) is 45.3 Å². The fraction of sp³-hybridized carbons (Fsp3) is 0.250. The van der Waals surface area contributed by atoms with Crippen molar-refractivity contribution in [3.8, 4) is 5.75 Å². The largest absolute Gasteiger partial charge is 0.497 e. The lowest BCUT2D eigenvalue weighted by Gasteiger charge is -2.27. The number of rotatable bonds is 3. The van der Waals surface area contributed by atoms with E-state index in [1.165, 1.54) is 10.9 Å². The molecule has 128 valence electrons. The molecule has 1 aliphatic rings. The molecule has 0 aliphatic carbocycles. The van der Waals surface area contributed by atoms with Crippen LogP contribution in [0.25, 0.3) is 10.9 Å². The lowest BCUT2D eigenvalue weighted by Crippen LogP contribution is -2.36. The van der Waals surface area contributed by atoms with Crippen LogP contribution in [0.2, 0.25) is 0 Å². The number of fused-ring (bicyclic) bond motifs is 3. The van der Waals surface area contributed by atoms with E-state index in [4.69, 9.17) is 4.74 Å². The number of amides is 1. The van der Waals surface area contributed by atoms with Crippen molar-refractivity contribution in [2.45, 2.75) is 19.4 Å². The van der Waals surface area contributed by atoms with Crippen LogP contribution in [-0.4, -0.2) is 29.4 Å². The van der Waals surface area contributed by atoms with Crippen molar-refractivity contribution in [3.63, 3.8) is 0 Å². The van der Waals surface area contributed by atoms with Crippen LogP contribution in [0.1, 0.15) is 16.8 Å². The van der Waals surface area contributed by atoms with Crippen molar-refractivity contribution >= 4 is 32.7 Å². The van der Waals surface area contributed by atoms with Crippen LogP contribution in [0.5, 0.6) is 5.75 Å². The Labute approximate surface area is 154 Å². The third-order valence-electron chi connectivity index (χ3n) is 4.83. The second-order valence-electron chi connectivity index (χ2n) is 6.33. The molecule has 3 aromatic rings. The third-order valence-corrected chi connectivity index (χ3v) is 5.61. The van der Waals surface area contributed by atoms with E-state index in [2.05, 4.69) is 27.0 Å². The molecule has 5 heteroatoms. The van der Waals surface area contributed by atoms with Crippen LogP contribution in [0, 0.1) is 0 Å². The second kappa shape index (κ2) is 6.56. The Bertz CT molecular complexity index is 948. The van der Waals surface area contributed by atoms with E-state index in [0.29, 0.717) is 13.0 Å². The van der Waals surface area contributed by atoms with Gasteiger partial charge in [-0.1, -0.05) is 34.1 Å². The minimum atomic E-state index is 0.161. The standard InChI is InChI=1S/C20H19BrN2O2/c1-25-14-6-7-18-16(11-14)15-8-9-23(12-19(15)22-18)20(24)10-13-4-2-3-5-17(13)21/h2-7,11,22H,8-10,12H2,1H3. The van der Waals surface area contributed by atoms with E-state index in [1.54, 1.807) is 7.11 Å². The van der Waals surface area contributed by atoms with Crippen LogP contribution in [-0.2, 0) is 24.2 Å². The SMILES string of the molecule is COc1ccc2[nH]c3c(c2c1)CCN(C(=O)Cc1ccccc1Br)C3. The molecule has 2 heterocycles. The molecule has 0 unspecified atom stereocenters. The molecule has 0 radical (unpaired) electrons. The Kier molecular flexibility index (Phi) is 4.25. The maximum atomic E-state index is 12.7. The average molecular weight is 399 g/mol. The lowest BCUT2D eigenvalue weighted by molar-refractivity contribution is -0.131. The Morgan fingerprint density at radius 2 is 2.12 bits per heavy atom. The van der Waals surface area contributed by atoms with Gasteiger partial charge in [-0.05, 0) is 41.8 Å². The minimum Gasteiger partial charge on any atom is -0.497 e. The van der Waals surface area contributed by atoms with Gasteiger partial charge in [0.2, 0.25) is 5.91 Å². The van der Waals surface area contributed by atoms with Crippen LogP contribution in [0.15, 0.2) is 46.9 Å². The first kappa shape index (κ1) is 16.2. The summed E-state index contributed by atoms with van der Waals surface area (Å²) in [6.45, 7) is 1.38. The predicted molar refractivity (Wildman–Crippen MR) is 102 cm³/mol. The normalized spacial score (nSPS) is 13.8. The summed E-state index contributed by atoms with van der Waals surface area (Å²) >= 11 is 3.52. The van der Waals surface area contributed by atoms with Gasteiger partial charge in [0.1, 0.15) is 5.75 Å². The van der Waals surface area contributed by atoms with Gasteiger partial charge in [0.25, 0.3) is 0 Å². The number of aromatic amines is 1. The number of methoxy groups -OCH3 is 1. The Morgan fingerprint density at radius 1 is 1.28 bits per heavy atom. The van der Waals surface area contributed by atoms with E-state index in [-0.39, 0.29) is 5.91 Å². The van der Waals surface area contributed by atoms with Gasteiger partial charge in [-0.25, -0.2) is 0 Å². The number of ether oxygens (including phenoxy) is 1. The van der Waals surface area contributed by atoms with Gasteiger partial charge >= 0.3 is 0 Å². The zero-order valence-electron chi connectivity index (χ0n) is 14.0. The zero-order chi connectivity index (χ0) is 17.4. The summed E-state index contributed by atoms with van der Waals surface area (Å²) in [5, 5.41) is 1.20. The van der Waals surface area contributed by atoms with E-state index in [1.807, 2.05) is 41.3 Å².